The number of nitrogens with zero attached hydrogens (tertiary/aromatic N) is 2. The molecule has 0 aliphatic heterocycles. The van der Waals surface area contributed by atoms with E-state index in [0.29, 0.717) is 12.4 Å². The third kappa shape index (κ3) is 6.83. The van der Waals surface area contributed by atoms with E-state index in [0.717, 1.165) is 22.2 Å². The molecule has 0 atom stereocenters. The summed E-state index contributed by atoms with van der Waals surface area (Å²) in [5.74, 6) is 0.890. The lowest BCUT2D eigenvalue weighted by Crippen LogP contribution is -2.18. The lowest BCUT2D eigenvalue weighted by Gasteiger charge is -2.11. The highest BCUT2D eigenvalue weighted by Gasteiger charge is 2.06. The Morgan fingerprint density at radius 2 is 2.07 bits per heavy atom. The van der Waals surface area contributed by atoms with Gasteiger partial charge in [-0.15, -0.1) is 0 Å². The quantitative estimate of drug-likeness (QED) is 0.311. The van der Waals surface area contributed by atoms with Crippen molar-refractivity contribution < 1.29 is 8.78 Å². The number of hydrogen-bond acceptors (Lipinski definition) is 8. The van der Waals surface area contributed by atoms with Gasteiger partial charge in [0.25, 0.3) is 6.43 Å². The van der Waals surface area contributed by atoms with Crippen molar-refractivity contribution in [2.45, 2.75) is 24.8 Å². The largest absolute Gasteiger partial charge is 0.383 e. The second kappa shape index (κ2) is 10.4. The summed E-state index contributed by atoms with van der Waals surface area (Å²) in [6, 6.07) is 7.83. The van der Waals surface area contributed by atoms with Crippen LogP contribution < -0.4 is 21.1 Å². The molecule has 144 valence electrons. The van der Waals surface area contributed by atoms with Crippen molar-refractivity contribution in [3.05, 3.63) is 53.5 Å². The van der Waals surface area contributed by atoms with E-state index in [9.17, 15) is 8.78 Å². The average Bonchev–Trinajstić information content (AvgIpc) is 2.67. The number of rotatable bonds is 10. The normalized spacial score (nSPS) is 11.4. The number of aromatic nitrogens is 2. The fourth-order valence-electron chi connectivity index (χ4n) is 2.05. The van der Waals surface area contributed by atoms with Gasteiger partial charge in [0.15, 0.2) is 0 Å². The minimum absolute atomic E-state index is 0.256. The van der Waals surface area contributed by atoms with Gasteiger partial charge in [0, 0.05) is 35.6 Å². The summed E-state index contributed by atoms with van der Waals surface area (Å²) in [5, 5.41) is 21.3. The van der Waals surface area contributed by atoms with Crippen LogP contribution in [0.3, 0.4) is 0 Å². The Kier molecular flexibility index (Phi) is 7.96. The molecular formula is C17H21F2N7S. The number of benzene rings is 1. The standard InChI is InChI=1S/C17H21F2N7S/c1-11-7-24-17(25-13(6-20)9-22-10-15(18)19)26-16(11)23-8-12-2-4-14(27-21)5-3-12/h2-7,9,15,20,22H,8,10,21H2,1H3,(H2,23,24,25,26)/b13-9+,20-6?. The van der Waals surface area contributed by atoms with Crippen molar-refractivity contribution in [1.82, 2.24) is 15.3 Å². The summed E-state index contributed by atoms with van der Waals surface area (Å²) in [6.45, 7) is 1.94. The first-order chi connectivity index (χ1) is 13.0. The molecule has 6 N–H and O–H groups in total. The zero-order chi connectivity index (χ0) is 19.6. The van der Waals surface area contributed by atoms with Crippen molar-refractivity contribution in [3.63, 3.8) is 0 Å². The molecule has 10 heteroatoms. The monoisotopic (exact) mass is 393 g/mol. The maximum Gasteiger partial charge on any atom is 0.255 e. The zero-order valence-electron chi connectivity index (χ0n) is 14.7. The highest BCUT2D eigenvalue weighted by atomic mass is 32.2. The number of hydrogen-bond donors (Lipinski definition) is 5. The summed E-state index contributed by atoms with van der Waals surface area (Å²) >= 11 is 1.19. The van der Waals surface area contributed by atoms with Crippen LogP contribution in [0.2, 0.25) is 0 Å². The summed E-state index contributed by atoms with van der Waals surface area (Å²) in [4.78, 5) is 9.50. The predicted molar refractivity (Wildman–Crippen MR) is 105 cm³/mol. The Morgan fingerprint density at radius 1 is 1.33 bits per heavy atom. The molecule has 27 heavy (non-hydrogen) atoms. The fraction of sp³-hybridized carbons (Fsp3) is 0.235. The number of nitrogens with two attached hydrogens (primary N) is 1. The molecular weight excluding hydrogens is 372 g/mol. The van der Waals surface area contributed by atoms with E-state index < -0.39 is 13.0 Å². The molecule has 1 heterocycles. The lowest BCUT2D eigenvalue weighted by molar-refractivity contribution is 0.150. The van der Waals surface area contributed by atoms with Gasteiger partial charge in [-0.2, -0.15) is 4.98 Å². The molecule has 0 aliphatic rings. The van der Waals surface area contributed by atoms with Crippen molar-refractivity contribution in [3.8, 4) is 0 Å². The minimum Gasteiger partial charge on any atom is -0.383 e. The summed E-state index contributed by atoms with van der Waals surface area (Å²) in [6.07, 6.45) is 1.44. The van der Waals surface area contributed by atoms with Crippen molar-refractivity contribution >= 4 is 29.9 Å². The molecule has 1 aromatic heterocycles. The Bertz CT molecular complexity index is 781. The van der Waals surface area contributed by atoms with E-state index in [1.165, 1.54) is 18.1 Å². The number of alkyl halides is 2. The molecule has 0 amide bonds. The van der Waals surface area contributed by atoms with Gasteiger partial charge < -0.3 is 21.4 Å². The van der Waals surface area contributed by atoms with E-state index in [2.05, 4.69) is 25.9 Å². The number of anilines is 2. The third-order valence-electron chi connectivity index (χ3n) is 3.43. The first kappa shape index (κ1) is 20.6. The highest BCUT2D eigenvalue weighted by Crippen LogP contribution is 2.16. The molecule has 7 nitrogen and oxygen atoms in total. The molecule has 0 saturated heterocycles. The number of aryl methyl sites for hydroxylation is 1. The molecule has 0 saturated carbocycles. The predicted octanol–water partition coefficient (Wildman–Crippen LogP) is 3.12. The molecule has 0 unspecified atom stereocenters. The summed E-state index contributed by atoms with van der Waals surface area (Å²) < 4.78 is 24.3. The molecule has 0 radical (unpaired) electrons. The number of allylic oxidation sites excluding steroid dienone is 1. The van der Waals surface area contributed by atoms with Crippen molar-refractivity contribution in [1.29, 1.82) is 5.41 Å². The van der Waals surface area contributed by atoms with E-state index >= 15 is 0 Å². The van der Waals surface area contributed by atoms with Crippen LogP contribution >= 0.6 is 11.9 Å². The molecule has 0 fully saturated rings. The molecule has 0 bridgehead atoms. The van der Waals surface area contributed by atoms with Crippen LogP contribution in [0, 0.1) is 12.3 Å². The molecule has 2 rings (SSSR count). The topological polar surface area (TPSA) is 112 Å². The second-order valence-electron chi connectivity index (χ2n) is 5.51. The highest BCUT2D eigenvalue weighted by molar-refractivity contribution is 7.97. The molecule has 0 spiro atoms. The third-order valence-corrected chi connectivity index (χ3v) is 3.98. The lowest BCUT2D eigenvalue weighted by atomic mass is 10.2. The fourth-order valence-corrected chi connectivity index (χ4v) is 2.35. The summed E-state index contributed by atoms with van der Waals surface area (Å²) in [5.41, 5.74) is 2.18. The van der Waals surface area contributed by atoms with Gasteiger partial charge in [0.1, 0.15) is 5.82 Å². The molecule has 2 aromatic rings. The van der Waals surface area contributed by atoms with E-state index in [1.54, 1.807) is 6.20 Å². The smallest absolute Gasteiger partial charge is 0.255 e. The number of nitrogens with one attached hydrogen (secondary N) is 4. The van der Waals surface area contributed by atoms with Crippen LogP contribution in [0.15, 0.2) is 47.3 Å². The van der Waals surface area contributed by atoms with Gasteiger partial charge in [-0.3, -0.25) is 5.14 Å². The van der Waals surface area contributed by atoms with Gasteiger partial charge >= 0.3 is 0 Å². The zero-order valence-corrected chi connectivity index (χ0v) is 15.5. The first-order valence-corrected chi connectivity index (χ1v) is 8.92. The minimum atomic E-state index is -2.47. The van der Waals surface area contributed by atoms with Crippen LogP contribution in [0.5, 0.6) is 0 Å². The van der Waals surface area contributed by atoms with Crippen LogP contribution in [0.1, 0.15) is 11.1 Å². The van der Waals surface area contributed by atoms with Crippen molar-refractivity contribution in [2.24, 2.45) is 5.14 Å². The van der Waals surface area contributed by atoms with Gasteiger partial charge in [-0.25, -0.2) is 13.8 Å². The Hall–Kier alpha value is -2.72. The maximum atomic E-state index is 12.2. The van der Waals surface area contributed by atoms with Crippen LogP contribution in [0.25, 0.3) is 0 Å². The van der Waals surface area contributed by atoms with Gasteiger partial charge in [-0.1, -0.05) is 12.1 Å². The van der Waals surface area contributed by atoms with Crippen LogP contribution in [-0.4, -0.2) is 29.2 Å². The maximum absolute atomic E-state index is 12.2. The molecule has 0 aliphatic carbocycles. The Morgan fingerprint density at radius 3 is 2.70 bits per heavy atom. The van der Waals surface area contributed by atoms with Crippen LogP contribution in [-0.2, 0) is 6.54 Å². The second-order valence-corrected chi connectivity index (χ2v) is 6.22. The Balaban J connectivity index is 2.02. The van der Waals surface area contributed by atoms with E-state index in [4.69, 9.17) is 10.5 Å². The van der Waals surface area contributed by atoms with E-state index in [1.807, 2.05) is 31.2 Å². The number of halogens is 2. The first-order valence-electron chi connectivity index (χ1n) is 8.04. The van der Waals surface area contributed by atoms with Gasteiger partial charge in [0.05, 0.1) is 12.2 Å². The summed E-state index contributed by atoms with van der Waals surface area (Å²) in [7, 11) is 0. The average molecular weight is 393 g/mol. The van der Waals surface area contributed by atoms with Gasteiger partial charge in [-0.05, 0) is 36.6 Å². The molecule has 1 aromatic carbocycles. The Labute approximate surface area is 160 Å². The van der Waals surface area contributed by atoms with E-state index in [-0.39, 0.29) is 11.6 Å². The SMILES string of the molecule is Cc1cnc(N/C(C=N)=C/NCC(F)F)nc1NCc1ccc(SN)cc1. The van der Waals surface area contributed by atoms with Crippen molar-refractivity contribution in [2.75, 3.05) is 17.2 Å². The van der Waals surface area contributed by atoms with Gasteiger partial charge in [0.2, 0.25) is 5.95 Å². The van der Waals surface area contributed by atoms with Crippen LogP contribution in [0.4, 0.5) is 20.5 Å².